The lowest BCUT2D eigenvalue weighted by Crippen LogP contribution is -2.67. The van der Waals surface area contributed by atoms with Gasteiger partial charge in [-0.25, -0.2) is 9.59 Å². The number of carboxylic acids is 1. The molecule has 1 atom stereocenters. The lowest BCUT2D eigenvalue weighted by atomic mass is 9.74. The molecule has 35 heavy (non-hydrogen) atoms. The number of unbranched alkanes of at least 4 members (excludes halogenated alkanes) is 3. The van der Waals surface area contributed by atoms with Crippen molar-refractivity contribution in [3.8, 4) is 11.1 Å². The van der Waals surface area contributed by atoms with Crippen LogP contribution in [0.3, 0.4) is 0 Å². The third kappa shape index (κ3) is 5.34. The number of carbonyl (C=O) groups is 3. The van der Waals surface area contributed by atoms with Crippen molar-refractivity contribution >= 4 is 18.0 Å². The van der Waals surface area contributed by atoms with Gasteiger partial charge in [0.05, 0.1) is 0 Å². The molecule has 2 aromatic carbocycles. The fourth-order valence-corrected chi connectivity index (χ4v) is 5.36. The van der Waals surface area contributed by atoms with E-state index in [4.69, 9.17) is 4.74 Å². The minimum atomic E-state index is -0.936. The van der Waals surface area contributed by atoms with Crippen molar-refractivity contribution in [2.45, 2.75) is 57.9 Å². The average molecular weight is 479 g/mol. The molecule has 7 nitrogen and oxygen atoms in total. The molecule has 7 heteroatoms. The summed E-state index contributed by atoms with van der Waals surface area (Å²) in [5.74, 6) is -0.981. The summed E-state index contributed by atoms with van der Waals surface area (Å²) in [7, 11) is 0. The summed E-state index contributed by atoms with van der Waals surface area (Å²) in [6, 6.07) is 15.8. The lowest BCUT2D eigenvalue weighted by Gasteiger charge is -2.51. The highest BCUT2D eigenvalue weighted by atomic mass is 16.5. The second kappa shape index (κ2) is 10.5. The van der Waals surface area contributed by atoms with E-state index in [0.29, 0.717) is 32.5 Å². The Kier molecular flexibility index (Phi) is 7.43. The SMILES string of the molecule is CC1(C)CN(C(=O)CCCCCCNC(=O)OCC2c3ccccc3-c3ccccc32)C1C(=O)O. The van der Waals surface area contributed by atoms with E-state index < -0.39 is 18.1 Å². The molecule has 2 N–H and O–H groups in total. The molecule has 2 amide bonds. The van der Waals surface area contributed by atoms with Crippen molar-refractivity contribution in [1.29, 1.82) is 0 Å². The molecule has 1 heterocycles. The fourth-order valence-electron chi connectivity index (χ4n) is 5.36. The highest BCUT2D eigenvalue weighted by molar-refractivity contribution is 5.86. The number of benzene rings is 2. The van der Waals surface area contributed by atoms with E-state index in [0.717, 1.165) is 19.3 Å². The van der Waals surface area contributed by atoms with Gasteiger partial charge in [0.15, 0.2) is 0 Å². The molecular weight excluding hydrogens is 444 g/mol. The van der Waals surface area contributed by atoms with E-state index in [1.807, 2.05) is 38.1 Å². The molecule has 1 aliphatic heterocycles. The predicted molar refractivity (Wildman–Crippen MR) is 133 cm³/mol. The number of aliphatic carboxylic acids is 1. The molecule has 2 aromatic rings. The van der Waals surface area contributed by atoms with Crippen LogP contribution in [0.2, 0.25) is 0 Å². The summed E-state index contributed by atoms with van der Waals surface area (Å²) in [4.78, 5) is 37.4. The van der Waals surface area contributed by atoms with Crippen molar-refractivity contribution in [2.75, 3.05) is 19.7 Å². The molecular formula is C28H34N2O5. The Morgan fingerprint density at radius 3 is 2.17 bits per heavy atom. The van der Waals surface area contributed by atoms with Crippen LogP contribution in [0.25, 0.3) is 11.1 Å². The van der Waals surface area contributed by atoms with E-state index in [1.54, 1.807) is 0 Å². The number of alkyl carbamates (subject to hydrolysis) is 1. The smallest absolute Gasteiger partial charge is 0.407 e. The quantitative estimate of drug-likeness (QED) is 0.479. The zero-order valence-electron chi connectivity index (χ0n) is 20.5. The summed E-state index contributed by atoms with van der Waals surface area (Å²) in [5.41, 5.74) is 4.41. The van der Waals surface area contributed by atoms with Crippen LogP contribution in [-0.4, -0.2) is 53.7 Å². The average Bonchev–Trinajstić information content (AvgIpc) is 3.14. The highest BCUT2D eigenvalue weighted by Crippen LogP contribution is 2.44. The van der Waals surface area contributed by atoms with Gasteiger partial charge in [-0.15, -0.1) is 0 Å². The van der Waals surface area contributed by atoms with Crippen LogP contribution in [0.1, 0.15) is 63.0 Å². The van der Waals surface area contributed by atoms with E-state index in [1.165, 1.54) is 27.2 Å². The molecule has 0 saturated carbocycles. The third-order valence-corrected chi connectivity index (χ3v) is 7.11. The van der Waals surface area contributed by atoms with E-state index in [2.05, 4.69) is 29.6 Å². The van der Waals surface area contributed by atoms with Crippen molar-refractivity contribution < 1.29 is 24.2 Å². The van der Waals surface area contributed by atoms with Crippen molar-refractivity contribution in [2.24, 2.45) is 5.41 Å². The van der Waals surface area contributed by atoms with Gasteiger partial charge in [-0.3, -0.25) is 4.79 Å². The Balaban J connectivity index is 1.11. The van der Waals surface area contributed by atoms with Crippen LogP contribution in [0.4, 0.5) is 4.79 Å². The number of hydrogen-bond acceptors (Lipinski definition) is 4. The van der Waals surface area contributed by atoms with E-state index >= 15 is 0 Å². The number of likely N-dealkylation sites (tertiary alicyclic amines) is 1. The number of rotatable bonds is 10. The zero-order chi connectivity index (χ0) is 25.0. The van der Waals surface area contributed by atoms with Gasteiger partial charge in [-0.1, -0.05) is 75.2 Å². The zero-order valence-corrected chi connectivity index (χ0v) is 20.5. The summed E-state index contributed by atoms with van der Waals surface area (Å²) in [5, 5.41) is 12.2. The van der Waals surface area contributed by atoms with Gasteiger partial charge in [0.1, 0.15) is 12.6 Å². The second-order valence-corrected chi connectivity index (χ2v) is 10.2. The number of nitrogens with zero attached hydrogens (tertiary/aromatic N) is 1. The second-order valence-electron chi connectivity index (χ2n) is 10.2. The molecule has 0 aromatic heterocycles. The maximum Gasteiger partial charge on any atom is 0.407 e. The van der Waals surface area contributed by atoms with Gasteiger partial charge in [0, 0.05) is 30.8 Å². The maximum absolute atomic E-state index is 12.3. The van der Waals surface area contributed by atoms with Crippen LogP contribution >= 0.6 is 0 Å². The summed E-state index contributed by atoms with van der Waals surface area (Å²) in [6.45, 7) is 5.06. The molecule has 0 spiro atoms. The first-order valence-corrected chi connectivity index (χ1v) is 12.4. The Bertz CT molecular complexity index is 1050. The van der Waals surface area contributed by atoms with Crippen molar-refractivity contribution in [1.82, 2.24) is 10.2 Å². The van der Waals surface area contributed by atoms with Gasteiger partial charge in [-0.05, 0) is 35.1 Å². The first-order chi connectivity index (χ1) is 16.8. The number of hydrogen-bond donors (Lipinski definition) is 2. The number of amides is 2. The molecule has 1 saturated heterocycles. The predicted octanol–water partition coefficient (Wildman–Crippen LogP) is 4.80. The molecule has 0 bridgehead atoms. The first-order valence-electron chi connectivity index (χ1n) is 12.4. The number of carboxylic acid groups (broad SMARTS) is 1. The largest absolute Gasteiger partial charge is 0.480 e. The van der Waals surface area contributed by atoms with Gasteiger partial charge in [0.25, 0.3) is 0 Å². The summed E-state index contributed by atoms with van der Waals surface area (Å²) >= 11 is 0. The molecule has 1 aliphatic carbocycles. The molecule has 2 aliphatic rings. The van der Waals surface area contributed by atoms with E-state index in [9.17, 15) is 19.5 Å². The monoisotopic (exact) mass is 478 g/mol. The maximum atomic E-state index is 12.3. The molecule has 186 valence electrons. The standard InChI is InChI=1S/C28H34N2O5/c1-28(2)18-30(25(28)26(32)33)24(31)15-5-3-4-10-16-29-27(34)35-17-23-21-13-8-6-11-19(21)20-12-7-9-14-22(20)23/h6-9,11-14,23,25H,3-5,10,15-18H2,1-2H3,(H,29,34)(H,32,33). The molecule has 0 radical (unpaired) electrons. The minimum absolute atomic E-state index is 0.0448. The van der Waals surface area contributed by atoms with Gasteiger partial charge < -0.3 is 20.1 Å². The van der Waals surface area contributed by atoms with Crippen molar-refractivity contribution in [3.05, 3.63) is 59.7 Å². The number of nitrogens with one attached hydrogen (secondary N) is 1. The van der Waals surface area contributed by atoms with Crippen molar-refractivity contribution in [3.63, 3.8) is 0 Å². The molecule has 1 fully saturated rings. The lowest BCUT2D eigenvalue weighted by molar-refractivity contribution is -0.171. The Hall–Kier alpha value is -3.35. The van der Waals surface area contributed by atoms with E-state index in [-0.39, 0.29) is 17.2 Å². The molecule has 4 rings (SSSR count). The third-order valence-electron chi connectivity index (χ3n) is 7.11. The van der Waals surface area contributed by atoms with Crippen LogP contribution in [-0.2, 0) is 14.3 Å². The van der Waals surface area contributed by atoms with Crippen LogP contribution in [0.5, 0.6) is 0 Å². The summed E-state index contributed by atoms with van der Waals surface area (Å²) < 4.78 is 5.54. The van der Waals surface area contributed by atoms with Gasteiger partial charge in [0.2, 0.25) is 5.91 Å². The highest BCUT2D eigenvalue weighted by Gasteiger charge is 2.52. The number of carbonyl (C=O) groups excluding carboxylic acids is 2. The summed E-state index contributed by atoms with van der Waals surface area (Å²) in [6.07, 6.45) is 3.19. The van der Waals surface area contributed by atoms with Gasteiger partial charge >= 0.3 is 12.1 Å². The Morgan fingerprint density at radius 1 is 0.971 bits per heavy atom. The Labute approximate surface area is 206 Å². The Morgan fingerprint density at radius 2 is 1.57 bits per heavy atom. The number of ether oxygens (including phenoxy) is 1. The molecule has 1 unspecified atom stereocenters. The minimum Gasteiger partial charge on any atom is -0.480 e. The normalized spacial score (nSPS) is 17.8. The van der Waals surface area contributed by atoms with Crippen LogP contribution in [0.15, 0.2) is 48.5 Å². The fraction of sp³-hybridized carbons (Fsp3) is 0.464. The topological polar surface area (TPSA) is 95.9 Å². The van der Waals surface area contributed by atoms with Crippen LogP contribution in [0, 0.1) is 5.41 Å². The van der Waals surface area contributed by atoms with Crippen LogP contribution < -0.4 is 5.32 Å². The first kappa shape index (κ1) is 24.8. The van der Waals surface area contributed by atoms with Gasteiger partial charge in [-0.2, -0.15) is 0 Å². The number of fused-ring (bicyclic) bond motifs is 3.